The van der Waals surface area contributed by atoms with Gasteiger partial charge in [-0.2, -0.15) is 0 Å². The van der Waals surface area contributed by atoms with Crippen LogP contribution in [0, 0.1) is 0 Å². The van der Waals surface area contributed by atoms with Crippen molar-refractivity contribution in [2.24, 2.45) is 0 Å². The van der Waals surface area contributed by atoms with E-state index in [0.717, 1.165) is 40.3 Å². The van der Waals surface area contributed by atoms with Crippen LogP contribution in [0.4, 0.5) is 0 Å². The van der Waals surface area contributed by atoms with E-state index in [9.17, 15) is 23.9 Å². The van der Waals surface area contributed by atoms with Gasteiger partial charge in [0, 0.05) is 6.42 Å². The second-order valence-corrected chi connectivity index (χ2v) is 16.5. The number of hydrogen-bond donors (Lipinski definition) is 0. The van der Waals surface area contributed by atoms with Gasteiger partial charge >= 0.3 is 238 Å². The molecule has 14 heteroatoms. The molecule has 0 aliphatic rings. The molecule has 0 aliphatic carbocycles. The average molecular weight is 776 g/mol. The van der Waals surface area contributed by atoms with Crippen LogP contribution in [0.25, 0.3) is 0 Å². The molecule has 0 spiro atoms. The average Bonchev–Trinajstić information content (AvgIpc) is 3.13. The van der Waals surface area contributed by atoms with Crippen LogP contribution in [0.2, 0.25) is 0 Å². The molecule has 0 N–H and O–H groups in total. The van der Waals surface area contributed by atoms with E-state index in [1.807, 2.05) is 91.8 Å². The van der Waals surface area contributed by atoms with E-state index < -0.39 is 19.4 Å². The number of nitrogens with zero attached hydrogens (tertiary/aromatic N) is 3. The normalized spacial score (nSPS) is 11.9. The number of hydrogen-bond acceptors (Lipinski definition) is 12. The molecule has 0 radical (unpaired) electrons. The Morgan fingerprint density at radius 3 is 2.07 bits per heavy atom. The van der Waals surface area contributed by atoms with Crippen LogP contribution in [0.3, 0.4) is 0 Å². The summed E-state index contributed by atoms with van der Waals surface area (Å²) in [6, 6.07) is 17.1. The Kier molecular flexibility index (Phi) is 18.3. The predicted octanol–water partition coefficient (Wildman–Crippen LogP) is 5.23. The first-order valence-corrected chi connectivity index (χ1v) is 20.2. The number of esters is 2. The molecule has 0 saturated carbocycles. The molecular formula is C41H55BN3O9P. The van der Waals surface area contributed by atoms with Gasteiger partial charge in [0.25, 0.3) is 0 Å². The fourth-order valence-electron chi connectivity index (χ4n) is 5.80. The van der Waals surface area contributed by atoms with Gasteiger partial charge in [-0.05, 0) is 24.1 Å². The van der Waals surface area contributed by atoms with Crippen LogP contribution >= 0.6 is 7.80 Å². The summed E-state index contributed by atoms with van der Waals surface area (Å²) in [5.41, 5.74) is 3.39. The molecule has 3 rings (SSSR count). The number of methoxy groups -OCH3 is 2. The zero-order valence-corrected chi connectivity index (χ0v) is 34.4. The Labute approximate surface area is 327 Å². The van der Waals surface area contributed by atoms with Gasteiger partial charge in [-0.3, -0.25) is 4.79 Å². The molecule has 1 aromatic heterocycles. The van der Waals surface area contributed by atoms with Gasteiger partial charge in [-0.1, -0.05) is 18.2 Å². The van der Waals surface area contributed by atoms with Crippen molar-refractivity contribution in [2.45, 2.75) is 85.6 Å². The fraction of sp³-hybridized carbons (Fsp3) is 0.488. The van der Waals surface area contributed by atoms with E-state index in [1.54, 1.807) is 7.11 Å². The van der Waals surface area contributed by atoms with E-state index in [4.69, 9.17) is 23.9 Å². The maximum absolute atomic E-state index is 13.2. The van der Waals surface area contributed by atoms with Crippen LogP contribution in [0.5, 0.6) is 11.5 Å². The summed E-state index contributed by atoms with van der Waals surface area (Å²) < 4.78 is 34.1. The minimum atomic E-state index is -1.16. The van der Waals surface area contributed by atoms with Crippen molar-refractivity contribution in [2.75, 3.05) is 47.1 Å². The topological polar surface area (TPSA) is 142 Å². The molecule has 12 nitrogen and oxygen atoms in total. The predicted molar refractivity (Wildman–Crippen MR) is 213 cm³/mol. The zero-order valence-electron chi connectivity index (χ0n) is 33.5. The number of rotatable bonds is 23. The SMILES string of the molecule is COC(=O)CCc1ccc(OCc2ccc(OC)cc2)c(CN(CCN(CC(=O)OC(C)(C)C)Cc2nc(CCC(C)=O)ccc2P(C)B=O)CC(C)=O)c1. The van der Waals surface area contributed by atoms with E-state index in [0.29, 0.717) is 56.9 Å². The van der Waals surface area contributed by atoms with Crippen molar-refractivity contribution in [3.05, 3.63) is 82.7 Å². The monoisotopic (exact) mass is 775 g/mol. The zero-order chi connectivity index (χ0) is 40.5. The standard InChI is InChI=1S/C41H55BN3O9P/c1-29(46)9-14-34-15-19-38(55(8)42-50)36(43-34)26-45(27-40(49)54-41(3,4)5)22-21-44(24-30(2)47)25-33-23-31(13-20-39(48)52-7)12-18-37(33)53-28-32-10-16-35(51-6)17-11-32/h10-12,15-19,23H,9,13-14,20-22,24-28H2,1-8H3. The summed E-state index contributed by atoms with van der Waals surface area (Å²) in [7, 11) is 1.81. The van der Waals surface area contributed by atoms with Crippen LogP contribution < -0.4 is 14.8 Å². The van der Waals surface area contributed by atoms with Crippen LogP contribution in [0.15, 0.2) is 54.6 Å². The van der Waals surface area contributed by atoms with E-state index in [2.05, 4.69) is 0 Å². The van der Waals surface area contributed by atoms with Crippen molar-refractivity contribution in [1.29, 1.82) is 0 Å². The number of benzene rings is 2. The Hall–Kier alpha value is -4.32. The van der Waals surface area contributed by atoms with Gasteiger partial charge < -0.3 is 9.47 Å². The van der Waals surface area contributed by atoms with Gasteiger partial charge in [0.1, 0.15) is 12.4 Å². The molecule has 1 heterocycles. The number of aryl methyl sites for hydroxylation is 2. The first-order chi connectivity index (χ1) is 26.1. The molecule has 3 aromatic rings. The molecule has 2 aromatic carbocycles. The molecule has 1 unspecified atom stereocenters. The molecule has 0 aliphatic heterocycles. The molecule has 296 valence electrons. The molecule has 0 bridgehead atoms. The second-order valence-electron chi connectivity index (χ2n) is 14.6. The third-order valence-electron chi connectivity index (χ3n) is 8.52. The summed E-state index contributed by atoms with van der Waals surface area (Å²) in [4.78, 5) is 58.4. The molecule has 0 saturated heterocycles. The number of Topliss-reactive ketones (excluding diaryl/α,β-unsaturated/α-hetero) is 2. The molecule has 0 fully saturated rings. The van der Waals surface area contributed by atoms with Gasteiger partial charge in [0.05, 0.1) is 14.2 Å². The maximum atomic E-state index is 13.2. The van der Waals surface area contributed by atoms with E-state index in [1.165, 1.54) is 21.0 Å². The first kappa shape index (κ1) is 45.1. The van der Waals surface area contributed by atoms with Gasteiger partial charge in [0.15, 0.2) is 0 Å². The number of aromatic nitrogens is 1. The summed E-state index contributed by atoms with van der Waals surface area (Å²) in [6.45, 7) is 13.0. The molecular weight excluding hydrogens is 720 g/mol. The fourth-order valence-corrected chi connectivity index (χ4v) is 6.75. The molecule has 0 amide bonds. The summed E-state index contributed by atoms with van der Waals surface area (Å²) in [5.74, 6) is 0.673. The van der Waals surface area contributed by atoms with Gasteiger partial charge in [0.2, 0.25) is 0 Å². The van der Waals surface area contributed by atoms with Crippen molar-refractivity contribution in [1.82, 2.24) is 14.8 Å². The number of pyridine rings is 1. The van der Waals surface area contributed by atoms with Crippen molar-refractivity contribution >= 4 is 43.5 Å². The summed E-state index contributed by atoms with van der Waals surface area (Å²) in [5, 5.41) is 0.800. The van der Waals surface area contributed by atoms with Crippen molar-refractivity contribution in [3.8, 4) is 11.5 Å². The number of ketones is 2. The third-order valence-corrected chi connectivity index (χ3v) is 10.0. The quantitative estimate of drug-likeness (QED) is 0.0708. The summed E-state index contributed by atoms with van der Waals surface area (Å²) in [6.07, 6.45) is 1.49. The second kappa shape index (κ2) is 22.3. The number of ether oxygens (including phenoxy) is 4. The van der Waals surface area contributed by atoms with Gasteiger partial charge in [-0.25, -0.2) is 0 Å². The number of carbonyl (C=O) groups is 4. The minimum absolute atomic E-state index is 0.0361. The Balaban J connectivity index is 1.94. The van der Waals surface area contributed by atoms with Crippen LogP contribution in [0.1, 0.15) is 75.5 Å². The summed E-state index contributed by atoms with van der Waals surface area (Å²) >= 11 is 0. The number of carbonyl (C=O) groups excluding carboxylic acids is 4. The Morgan fingerprint density at radius 1 is 0.800 bits per heavy atom. The van der Waals surface area contributed by atoms with E-state index >= 15 is 0 Å². The first-order valence-electron chi connectivity index (χ1n) is 18.4. The van der Waals surface area contributed by atoms with Crippen LogP contribution in [-0.2, 0) is 65.9 Å². The Morgan fingerprint density at radius 2 is 1.47 bits per heavy atom. The van der Waals surface area contributed by atoms with E-state index in [-0.39, 0.29) is 43.6 Å². The molecule has 1 atom stereocenters. The van der Waals surface area contributed by atoms with Crippen molar-refractivity contribution < 1.29 is 42.8 Å². The van der Waals surface area contributed by atoms with Crippen LogP contribution in [-0.4, -0.2) is 97.8 Å². The molecule has 55 heavy (non-hydrogen) atoms. The van der Waals surface area contributed by atoms with Gasteiger partial charge in [-0.15, -0.1) is 0 Å². The van der Waals surface area contributed by atoms with Crippen molar-refractivity contribution in [3.63, 3.8) is 0 Å². The third kappa shape index (κ3) is 16.5. The Bertz CT molecular complexity index is 1760.